The number of Topliss-reactive ketones (excluding diaryl/α,β-unsaturated/α-hetero) is 1. The Bertz CT molecular complexity index is 1550. The first-order chi connectivity index (χ1) is 17.0. The molecule has 1 aliphatic rings. The summed E-state index contributed by atoms with van der Waals surface area (Å²) < 4.78 is 51.0. The van der Waals surface area contributed by atoms with Crippen molar-refractivity contribution in [2.45, 2.75) is 25.7 Å². The zero-order chi connectivity index (χ0) is 25.8. The van der Waals surface area contributed by atoms with E-state index in [1.807, 2.05) is 0 Å². The van der Waals surface area contributed by atoms with Crippen LogP contribution in [-0.2, 0) is 17.5 Å². The summed E-state index contributed by atoms with van der Waals surface area (Å²) in [7, 11) is 0. The zero-order valence-electron chi connectivity index (χ0n) is 18.6. The first-order valence-corrected chi connectivity index (χ1v) is 11.1. The highest BCUT2D eigenvalue weighted by Gasteiger charge is 2.46. The van der Waals surface area contributed by atoms with Crippen LogP contribution in [0.3, 0.4) is 0 Å². The predicted octanol–water partition coefficient (Wildman–Crippen LogP) is 6.78. The highest BCUT2D eigenvalue weighted by atomic mass is 35.5. The summed E-state index contributed by atoms with van der Waals surface area (Å²) in [6.45, 7) is 1.34. The molecule has 0 saturated heterocycles. The molecular weight excluding hydrogens is 499 g/mol. The second kappa shape index (κ2) is 8.60. The molecule has 1 unspecified atom stereocenters. The Balaban J connectivity index is 1.57. The summed E-state index contributed by atoms with van der Waals surface area (Å²) in [5.74, 6) is -2.01. The molecule has 5 rings (SSSR count). The number of ketones is 1. The number of carbonyl (C=O) groups is 2. The van der Waals surface area contributed by atoms with Crippen LogP contribution < -0.4 is 0 Å². The van der Waals surface area contributed by atoms with Crippen molar-refractivity contribution >= 4 is 34.3 Å². The van der Waals surface area contributed by atoms with E-state index in [1.54, 1.807) is 31.2 Å². The second-order valence-corrected chi connectivity index (χ2v) is 8.80. The number of aliphatic hydroxyl groups excluding tert-OH is 1. The van der Waals surface area contributed by atoms with Crippen LogP contribution in [0, 0.1) is 6.92 Å². The number of hydrogen-bond donors (Lipinski definition) is 1. The molecule has 0 aliphatic carbocycles. The van der Waals surface area contributed by atoms with Gasteiger partial charge in [0.05, 0.1) is 11.1 Å². The van der Waals surface area contributed by atoms with Crippen LogP contribution in [0.2, 0.25) is 5.02 Å². The Hall–Kier alpha value is -3.98. The number of carbonyl (C=O) groups excluding carboxylic acids is 2. The quantitative estimate of drug-likeness (QED) is 0.296. The Morgan fingerprint density at radius 2 is 1.86 bits per heavy atom. The van der Waals surface area contributed by atoms with E-state index in [4.69, 9.17) is 20.4 Å². The third-order valence-electron chi connectivity index (χ3n) is 5.89. The van der Waals surface area contributed by atoms with Crippen molar-refractivity contribution in [1.29, 1.82) is 0 Å². The lowest BCUT2D eigenvalue weighted by atomic mass is 9.99. The van der Waals surface area contributed by atoms with E-state index >= 15 is 0 Å². The summed E-state index contributed by atoms with van der Waals surface area (Å²) >= 11 is 6.01. The first-order valence-electron chi connectivity index (χ1n) is 10.7. The SMILES string of the molecule is Cc1ccc(C2C(C(=O)c3cc4cc(Cl)ccc4o3)=C(O)C(=O)N2Cc2cccc(C(F)(F)F)c2)o1. The number of rotatable bonds is 5. The molecule has 4 aromatic rings. The van der Waals surface area contributed by atoms with Gasteiger partial charge in [-0.2, -0.15) is 13.2 Å². The van der Waals surface area contributed by atoms with Crippen molar-refractivity contribution in [3.05, 3.63) is 105 Å². The summed E-state index contributed by atoms with van der Waals surface area (Å²) in [5, 5.41) is 11.7. The average molecular weight is 516 g/mol. The molecule has 6 nitrogen and oxygen atoms in total. The van der Waals surface area contributed by atoms with E-state index in [2.05, 4.69) is 0 Å². The highest BCUT2D eigenvalue weighted by molar-refractivity contribution is 6.31. The number of fused-ring (bicyclic) bond motifs is 1. The minimum absolute atomic E-state index is 0.143. The molecule has 0 bridgehead atoms. The molecule has 36 heavy (non-hydrogen) atoms. The maximum Gasteiger partial charge on any atom is 0.416 e. The monoisotopic (exact) mass is 515 g/mol. The van der Waals surface area contributed by atoms with Crippen LogP contribution in [0.15, 0.2) is 80.8 Å². The smallest absolute Gasteiger partial charge is 0.416 e. The summed E-state index contributed by atoms with van der Waals surface area (Å²) in [5.41, 5.74) is -0.650. The fraction of sp³-hybridized carbons (Fsp3) is 0.154. The Kier molecular flexibility index (Phi) is 5.67. The molecule has 2 aromatic carbocycles. The molecule has 0 fully saturated rings. The van der Waals surface area contributed by atoms with Gasteiger partial charge in [-0.1, -0.05) is 23.7 Å². The van der Waals surface area contributed by atoms with Gasteiger partial charge < -0.3 is 18.8 Å². The van der Waals surface area contributed by atoms with Crippen LogP contribution in [0.1, 0.15) is 39.2 Å². The van der Waals surface area contributed by atoms with Crippen molar-refractivity contribution in [3.63, 3.8) is 0 Å². The Morgan fingerprint density at radius 1 is 1.08 bits per heavy atom. The number of furan rings is 2. The topological polar surface area (TPSA) is 83.9 Å². The van der Waals surface area contributed by atoms with Crippen molar-refractivity contribution in [1.82, 2.24) is 4.90 Å². The molecule has 1 N–H and O–H groups in total. The molecule has 3 heterocycles. The highest BCUT2D eigenvalue weighted by Crippen LogP contribution is 2.41. The summed E-state index contributed by atoms with van der Waals surface area (Å²) in [6, 6.07) is 12.6. The van der Waals surface area contributed by atoms with Gasteiger partial charge in [0.2, 0.25) is 5.78 Å². The maximum absolute atomic E-state index is 13.5. The number of aliphatic hydroxyl groups is 1. The predicted molar refractivity (Wildman–Crippen MR) is 123 cm³/mol. The van der Waals surface area contributed by atoms with Gasteiger partial charge in [0.15, 0.2) is 11.5 Å². The van der Waals surface area contributed by atoms with E-state index in [9.17, 15) is 27.9 Å². The summed E-state index contributed by atoms with van der Waals surface area (Å²) in [4.78, 5) is 27.7. The standard InChI is InChI=1S/C26H17ClF3NO5/c1-13-5-7-19(35-13)22-21(23(32)20-11-15-10-17(27)6-8-18(15)36-20)24(33)25(34)31(22)12-14-3-2-4-16(9-14)26(28,29)30/h2-11,22,33H,12H2,1H3. The largest absolute Gasteiger partial charge is 0.503 e. The van der Waals surface area contributed by atoms with Gasteiger partial charge in [-0.15, -0.1) is 0 Å². The van der Waals surface area contributed by atoms with Crippen molar-refractivity contribution < 1.29 is 36.7 Å². The third-order valence-corrected chi connectivity index (χ3v) is 6.12. The van der Waals surface area contributed by atoms with Gasteiger partial charge in [0, 0.05) is 17.0 Å². The number of amides is 1. The lowest BCUT2D eigenvalue weighted by Gasteiger charge is -2.25. The first kappa shape index (κ1) is 23.7. The average Bonchev–Trinajstić information content (AvgIpc) is 3.50. The van der Waals surface area contributed by atoms with Crippen LogP contribution in [-0.4, -0.2) is 21.7 Å². The summed E-state index contributed by atoms with van der Waals surface area (Å²) in [6.07, 6.45) is -4.58. The molecule has 0 spiro atoms. The number of benzene rings is 2. The zero-order valence-corrected chi connectivity index (χ0v) is 19.4. The second-order valence-electron chi connectivity index (χ2n) is 8.37. The lowest BCUT2D eigenvalue weighted by molar-refractivity contribution is -0.137. The van der Waals surface area contributed by atoms with E-state index < -0.39 is 35.2 Å². The van der Waals surface area contributed by atoms with Crippen molar-refractivity contribution in [2.75, 3.05) is 0 Å². The molecular formula is C26H17ClF3NO5. The third kappa shape index (κ3) is 4.15. The number of alkyl halides is 3. The molecule has 2 aromatic heterocycles. The van der Waals surface area contributed by atoms with Gasteiger partial charge in [-0.25, -0.2) is 0 Å². The number of hydrogen-bond acceptors (Lipinski definition) is 5. The Morgan fingerprint density at radius 3 is 2.56 bits per heavy atom. The molecule has 1 amide bonds. The molecule has 1 atom stereocenters. The lowest BCUT2D eigenvalue weighted by Crippen LogP contribution is -2.30. The fourth-order valence-corrected chi connectivity index (χ4v) is 4.43. The molecule has 0 saturated carbocycles. The van der Waals surface area contributed by atoms with E-state index in [0.717, 1.165) is 17.0 Å². The van der Waals surface area contributed by atoms with Crippen LogP contribution in [0.4, 0.5) is 13.2 Å². The van der Waals surface area contributed by atoms with E-state index in [1.165, 1.54) is 24.3 Å². The van der Waals surface area contributed by atoms with Crippen molar-refractivity contribution in [2.24, 2.45) is 0 Å². The van der Waals surface area contributed by atoms with Crippen LogP contribution in [0.5, 0.6) is 0 Å². The minimum atomic E-state index is -4.58. The molecule has 10 heteroatoms. The normalized spacial score (nSPS) is 16.4. The van der Waals surface area contributed by atoms with Crippen LogP contribution in [0.25, 0.3) is 11.0 Å². The molecule has 1 aliphatic heterocycles. The number of halogens is 4. The fourth-order valence-electron chi connectivity index (χ4n) is 4.25. The Labute approximate surface area is 207 Å². The van der Waals surface area contributed by atoms with Crippen molar-refractivity contribution in [3.8, 4) is 0 Å². The van der Waals surface area contributed by atoms with Crippen LogP contribution >= 0.6 is 11.6 Å². The van der Waals surface area contributed by atoms with Gasteiger partial charge in [-0.3, -0.25) is 9.59 Å². The van der Waals surface area contributed by atoms with E-state index in [-0.39, 0.29) is 29.2 Å². The van der Waals surface area contributed by atoms with Gasteiger partial charge >= 0.3 is 6.18 Å². The molecule has 184 valence electrons. The van der Waals surface area contributed by atoms with Gasteiger partial charge in [0.25, 0.3) is 5.91 Å². The minimum Gasteiger partial charge on any atom is -0.503 e. The van der Waals surface area contributed by atoms with Gasteiger partial charge in [-0.05, 0) is 61.0 Å². The van der Waals surface area contributed by atoms with E-state index in [0.29, 0.717) is 21.8 Å². The molecule has 0 radical (unpaired) electrons. The number of nitrogens with zero attached hydrogens (tertiary/aromatic N) is 1. The maximum atomic E-state index is 13.5. The van der Waals surface area contributed by atoms with Gasteiger partial charge in [0.1, 0.15) is 23.1 Å². The number of aryl methyl sites for hydroxylation is 1.